The summed E-state index contributed by atoms with van der Waals surface area (Å²) in [6.07, 6.45) is 0. The average molecular weight is 324 g/mol. The van der Waals surface area contributed by atoms with Gasteiger partial charge < -0.3 is 4.74 Å². The van der Waals surface area contributed by atoms with Gasteiger partial charge in [-0.05, 0) is 32.0 Å². The number of nitrogens with zero attached hydrogens (tertiary/aromatic N) is 3. The normalized spacial score (nSPS) is 10.5. The second kappa shape index (κ2) is 6.15. The van der Waals surface area contributed by atoms with E-state index in [9.17, 15) is 14.9 Å². The predicted octanol–water partition coefficient (Wildman–Crippen LogP) is 2.95. The summed E-state index contributed by atoms with van der Waals surface area (Å²) in [7, 11) is 1.48. The molecule has 8 heteroatoms. The van der Waals surface area contributed by atoms with Crippen LogP contribution in [0.15, 0.2) is 18.2 Å². The number of halogens is 1. The van der Waals surface area contributed by atoms with Crippen LogP contribution < -0.4 is 4.74 Å². The van der Waals surface area contributed by atoms with Gasteiger partial charge in [-0.15, -0.1) is 0 Å². The Morgan fingerprint density at radius 1 is 1.45 bits per heavy atom. The van der Waals surface area contributed by atoms with Crippen molar-refractivity contribution in [1.29, 1.82) is 0 Å². The number of carbonyl (C=O) groups excluding carboxylic acids is 1. The van der Waals surface area contributed by atoms with Crippen LogP contribution in [0.2, 0.25) is 5.02 Å². The molecule has 0 amide bonds. The molecule has 0 spiro atoms. The number of methoxy groups -OCH3 is 1. The number of hydrogen-bond acceptors (Lipinski definition) is 5. The van der Waals surface area contributed by atoms with Crippen molar-refractivity contribution in [3.63, 3.8) is 0 Å². The molecule has 2 rings (SSSR count). The van der Waals surface area contributed by atoms with E-state index < -0.39 is 4.92 Å². The molecule has 0 saturated carbocycles. The number of Topliss-reactive ketones (excluding diaryl/α,β-unsaturated/α-hetero) is 1. The molecule has 1 aromatic heterocycles. The first-order chi connectivity index (χ1) is 10.3. The Balaban J connectivity index is 2.28. The van der Waals surface area contributed by atoms with Gasteiger partial charge in [0.2, 0.25) is 0 Å². The lowest BCUT2D eigenvalue weighted by molar-refractivity contribution is -0.386. The zero-order valence-electron chi connectivity index (χ0n) is 12.3. The predicted molar refractivity (Wildman–Crippen MR) is 80.7 cm³/mol. The SMILES string of the molecule is COc1ccc(C(=O)Cn2nc(C)c([N+](=O)[O-])c2C)cc1Cl. The van der Waals surface area contributed by atoms with Crippen LogP contribution in [-0.2, 0) is 6.54 Å². The Morgan fingerprint density at radius 3 is 2.64 bits per heavy atom. The monoisotopic (exact) mass is 323 g/mol. The Kier molecular flexibility index (Phi) is 4.46. The third kappa shape index (κ3) is 2.94. The third-order valence-corrected chi connectivity index (χ3v) is 3.59. The summed E-state index contributed by atoms with van der Waals surface area (Å²) in [6, 6.07) is 4.69. The number of aromatic nitrogens is 2. The lowest BCUT2D eigenvalue weighted by Gasteiger charge is -2.06. The quantitative estimate of drug-likeness (QED) is 0.479. The summed E-state index contributed by atoms with van der Waals surface area (Å²) in [4.78, 5) is 22.7. The molecule has 7 nitrogen and oxygen atoms in total. The highest BCUT2D eigenvalue weighted by Crippen LogP contribution is 2.26. The maximum Gasteiger partial charge on any atom is 0.312 e. The van der Waals surface area contributed by atoms with Crippen LogP contribution in [0, 0.1) is 24.0 Å². The Hall–Kier alpha value is -2.41. The van der Waals surface area contributed by atoms with Crippen molar-refractivity contribution in [2.75, 3.05) is 7.11 Å². The second-order valence-corrected chi connectivity index (χ2v) is 5.11. The average Bonchev–Trinajstić information content (AvgIpc) is 2.73. The lowest BCUT2D eigenvalue weighted by Crippen LogP contribution is -2.13. The zero-order valence-corrected chi connectivity index (χ0v) is 13.0. The van der Waals surface area contributed by atoms with Crippen LogP contribution in [0.5, 0.6) is 5.75 Å². The van der Waals surface area contributed by atoms with E-state index in [4.69, 9.17) is 16.3 Å². The molecule has 0 aliphatic carbocycles. The van der Waals surface area contributed by atoms with Gasteiger partial charge in [0, 0.05) is 5.56 Å². The highest BCUT2D eigenvalue weighted by atomic mass is 35.5. The van der Waals surface area contributed by atoms with Crippen LogP contribution >= 0.6 is 11.6 Å². The molecule has 0 unspecified atom stereocenters. The fourth-order valence-corrected chi connectivity index (χ4v) is 2.43. The zero-order chi connectivity index (χ0) is 16.4. The van der Waals surface area contributed by atoms with Crippen LogP contribution in [0.1, 0.15) is 21.7 Å². The van der Waals surface area contributed by atoms with Crippen LogP contribution in [0.3, 0.4) is 0 Å². The van der Waals surface area contributed by atoms with Gasteiger partial charge in [0.05, 0.1) is 17.1 Å². The molecule has 0 aliphatic heterocycles. The summed E-state index contributed by atoms with van der Waals surface area (Å²) >= 11 is 5.99. The molecule has 0 atom stereocenters. The third-order valence-electron chi connectivity index (χ3n) is 3.29. The van der Waals surface area contributed by atoms with Gasteiger partial charge >= 0.3 is 5.69 Å². The number of carbonyl (C=O) groups is 1. The molecule has 0 aliphatic rings. The molecule has 0 fully saturated rings. The summed E-state index contributed by atoms with van der Waals surface area (Å²) < 4.78 is 6.35. The molecule has 0 bridgehead atoms. The number of rotatable bonds is 5. The molecule has 1 heterocycles. The minimum atomic E-state index is -0.497. The fraction of sp³-hybridized carbons (Fsp3) is 0.286. The van der Waals surface area contributed by atoms with Crippen molar-refractivity contribution in [1.82, 2.24) is 9.78 Å². The molecule has 2 aromatic rings. The summed E-state index contributed by atoms with van der Waals surface area (Å²) in [5.41, 5.74) is 0.945. The molecule has 116 valence electrons. The number of ether oxygens (including phenoxy) is 1. The second-order valence-electron chi connectivity index (χ2n) is 4.71. The maximum absolute atomic E-state index is 12.3. The van der Waals surface area contributed by atoms with Crippen LogP contribution in [0.4, 0.5) is 5.69 Å². The first kappa shape index (κ1) is 16.0. The molecule has 0 N–H and O–H groups in total. The minimum Gasteiger partial charge on any atom is -0.495 e. The molecule has 22 heavy (non-hydrogen) atoms. The van der Waals surface area contributed by atoms with Gasteiger partial charge in [-0.25, -0.2) is 0 Å². The molecular weight excluding hydrogens is 310 g/mol. The summed E-state index contributed by atoms with van der Waals surface area (Å²) in [6.45, 7) is 3.01. The van der Waals surface area contributed by atoms with Crippen molar-refractivity contribution in [2.45, 2.75) is 20.4 Å². The van der Waals surface area contributed by atoms with E-state index in [1.54, 1.807) is 19.1 Å². The van der Waals surface area contributed by atoms with E-state index in [1.165, 1.54) is 24.8 Å². The maximum atomic E-state index is 12.3. The largest absolute Gasteiger partial charge is 0.495 e. The summed E-state index contributed by atoms with van der Waals surface area (Å²) in [5.74, 6) is 0.227. The number of ketones is 1. The van der Waals surface area contributed by atoms with E-state index in [1.807, 2.05) is 0 Å². The van der Waals surface area contributed by atoms with Crippen molar-refractivity contribution in [3.05, 3.63) is 50.3 Å². The first-order valence-electron chi connectivity index (χ1n) is 6.40. The number of hydrogen-bond donors (Lipinski definition) is 0. The van der Waals surface area contributed by atoms with Gasteiger partial charge in [-0.3, -0.25) is 19.6 Å². The van der Waals surface area contributed by atoms with Crippen LogP contribution in [0.25, 0.3) is 0 Å². The van der Waals surface area contributed by atoms with Gasteiger partial charge in [0.1, 0.15) is 23.7 Å². The van der Waals surface area contributed by atoms with Crippen molar-refractivity contribution < 1.29 is 14.5 Å². The van der Waals surface area contributed by atoms with Crippen LogP contribution in [-0.4, -0.2) is 27.6 Å². The van der Waals surface area contributed by atoms with Gasteiger partial charge in [-0.1, -0.05) is 11.6 Å². The Morgan fingerprint density at radius 2 is 2.14 bits per heavy atom. The number of benzene rings is 1. The Bertz CT molecular complexity index is 755. The highest BCUT2D eigenvalue weighted by molar-refractivity contribution is 6.32. The topological polar surface area (TPSA) is 87.3 Å². The molecule has 1 aromatic carbocycles. The van der Waals surface area contributed by atoms with E-state index in [0.29, 0.717) is 22.0 Å². The van der Waals surface area contributed by atoms with Gasteiger partial charge in [0.25, 0.3) is 0 Å². The Labute approximate surface area is 131 Å². The first-order valence-corrected chi connectivity index (χ1v) is 6.78. The van der Waals surface area contributed by atoms with E-state index >= 15 is 0 Å². The van der Waals surface area contributed by atoms with E-state index in [2.05, 4.69) is 5.10 Å². The number of nitro groups is 1. The fourth-order valence-electron chi connectivity index (χ4n) is 2.17. The lowest BCUT2D eigenvalue weighted by atomic mass is 10.1. The molecule has 0 radical (unpaired) electrons. The minimum absolute atomic E-state index is 0.0689. The highest BCUT2D eigenvalue weighted by Gasteiger charge is 2.23. The van der Waals surface area contributed by atoms with Crippen molar-refractivity contribution in [3.8, 4) is 5.75 Å². The molecule has 0 saturated heterocycles. The number of aryl methyl sites for hydroxylation is 1. The smallest absolute Gasteiger partial charge is 0.312 e. The van der Waals surface area contributed by atoms with Gasteiger partial charge in [0.15, 0.2) is 5.78 Å². The van der Waals surface area contributed by atoms with Crippen molar-refractivity contribution >= 4 is 23.1 Å². The van der Waals surface area contributed by atoms with E-state index in [-0.39, 0.29) is 23.7 Å². The van der Waals surface area contributed by atoms with Crippen molar-refractivity contribution in [2.24, 2.45) is 0 Å². The summed E-state index contributed by atoms with van der Waals surface area (Å²) in [5, 5.41) is 15.3. The van der Waals surface area contributed by atoms with Gasteiger partial charge in [-0.2, -0.15) is 5.10 Å². The van der Waals surface area contributed by atoms with E-state index in [0.717, 1.165) is 0 Å². The standard InChI is InChI=1S/C14H14ClN3O4/c1-8-14(18(20)21)9(2)17(16-8)7-12(19)10-4-5-13(22-3)11(15)6-10/h4-6H,7H2,1-3H3. The molecular formula is C14H14ClN3O4.